The summed E-state index contributed by atoms with van der Waals surface area (Å²) in [6.45, 7) is 0. The lowest BCUT2D eigenvalue weighted by molar-refractivity contribution is -0.274. The molecule has 30 heavy (non-hydrogen) atoms. The van der Waals surface area contributed by atoms with Gasteiger partial charge in [0.25, 0.3) is 5.89 Å². The monoisotopic (exact) mass is 418 g/mol. The van der Waals surface area contributed by atoms with E-state index in [1.165, 1.54) is 47.3 Å². The lowest BCUT2D eigenvalue weighted by Gasteiger charge is -2.08. The van der Waals surface area contributed by atoms with E-state index in [4.69, 9.17) is 4.52 Å². The van der Waals surface area contributed by atoms with Crippen LogP contribution in [0.1, 0.15) is 0 Å². The number of hydrogen-bond acceptors (Lipinski definition) is 6. The number of rotatable bonds is 4. The number of halogens is 4. The summed E-state index contributed by atoms with van der Waals surface area (Å²) >= 11 is 0. The minimum atomic E-state index is -4.80. The number of benzene rings is 2. The minimum absolute atomic E-state index is 0.0333. The van der Waals surface area contributed by atoms with Crippen LogP contribution >= 0.6 is 0 Å². The third-order valence-electron chi connectivity index (χ3n) is 3.86. The molecule has 4 rings (SSSR count). The van der Waals surface area contributed by atoms with Crippen molar-refractivity contribution in [3.63, 3.8) is 0 Å². The number of ether oxygens (including phenoxy) is 1. The average Bonchev–Trinajstić information content (AvgIpc) is 3.17. The van der Waals surface area contributed by atoms with Crippen LogP contribution in [-0.2, 0) is 0 Å². The van der Waals surface area contributed by atoms with Gasteiger partial charge >= 0.3 is 6.36 Å². The molecule has 2 aromatic carbocycles. The first-order valence-corrected chi connectivity index (χ1v) is 8.35. The first kappa shape index (κ1) is 19.3. The lowest BCUT2D eigenvalue weighted by Crippen LogP contribution is -2.16. The zero-order valence-electron chi connectivity index (χ0n) is 14.8. The highest BCUT2D eigenvalue weighted by Gasteiger charge is 2.31. The molecule has 0 fully saturated rings. The molecular weight excluding hydrogens is 408 g/mol. The van der Waals surface area contributed by atoms with Gasteiger partial charge in [-0.2, -0.15) is 10.1 Å². The Labute approximate surface area is 165 Å². The van der Waals surface area contributed by atoms with Gasteiger partial charge in [-0.25, -0.2) is 9.07 Å². The summed E-state index contributed by atoms with van der Waals surface area (Å²) in [6, 6.07) is 11.6. The van der Waals surface area contributed by atoms with Crippen molar-refractivity contribution in [3.05, 3.63) is 76.8 Å². The van der Waals surface area contributed by atoms with Crippen LogP contribution in [0, 0.1) is 5.82 Å². The van der Waals surface area contributed by atoms with E-state index < -0.39 is 23.4 Å². The topological polar surface area (TPSA) is 83.0 Å². The molecule has 0 saturated heterocycles. The third-order valence-corrected chi connectivity index (χ3v) is 3.86. The fourth-order valence-corrected chi connectivity index (χ4v) is 2.56. The molecule has 0 atom stereocenters. The molecule has 0 bridgehead atoms. The maximum atomic E-state index is 13.5. The summed E-state index contributed by atoms with van der Waals surface area (Å²) < 4.78 is 60.4. The summed E-state index contributed by atoms with van der Waals surface area (Å²) in [7, 11) is 0. The van der Waals surface area contributed by atoms with Gasteiger partial charge in [0, 0.05) is 17.8 Å². The molecule has 0 N–H and O–H groups in total. The van der Waals surface area contributed by atoms with Gasteiger partial charge in [-0.15, -0.1) is 13.2 Å². The van der Waals surface area contributed by atoms with E-state index in [-0.39, 0.29) is 17.4 Å². The second kappa shape index (κ2) is 7.43. The summed E-state index contributed by atoms with van der Waals surface area (Å²) in [5, 5.41) is 7.84. The highest BCUT2D eigenvalue weighted by atomic mass is 19.4. The molecular formula is C19H10F4N4O3. The highest BCUT2D eigenvalue weighted by Crippen LogP contribution is 2.26. The predicted molar refractivity (Wildman–Crippen MR) is 95.2 cm³/mol. The lowest BCUT2D eigenvalue weighted by atomic mass is 10.2. The van der Waals surface area contributed by atoms with Crippen LogP contribution in [0.3, 0.4) is 0 Å². The molecule has 11 heteroatoms. The van der Waals surface area contributed by atoms with Gasteiger partial charge < -0.3 is 9.26 Å². The van der Waals surface area contributed by atoms with Gasteiger partial charge in [-0.05, 0) is 42.5 Å². The summed E-state index contributed by atoms with van der Waals surface area (Å²) in [5.74, 6) is -1.05. The number of hydrogen-bond donors (Lipinski definition) is 0. The standard InChI is InChI=1S/C19H10F4N4O3/c20-12-2-1-3-13(10-12)27-9-8-15(28)16(25-27)18-24-17(26-30-18)11-4-6-14(7-5-11)29-19(21,22)23/h1-10H. The summed E-state index contributed by atoms with van der Waals surface area (Å²) in [4.78, 5) is 16.3. The molecule has 152 valence electrons. The van der Waals surface area contributed by atoms with Crippen LogP contribution in [0.5, 0.6) is 5.75 Å². The van der Waals surface area contributed by atoms with Gasteiger partial charge in [0.2, 0.25) is 11.3 Å². The van der Waals surface area contributed by atoms with Gasteiger partial charge in [-0.3, -0.25) is 4.79 Å². The van der Waals surface area contributed by atoms with Crippen molar-refractivity contribution in [3.8, 4) is 34.4 Å². The largest absolute Gasteiger partial charge is 0.573 e. The van der Waals surface area contributed by atoms with Crippen LogP contribution in [0.2, 0.25) is 0 Å². The van der Waals surface area contributed by atoms with E-state index in [0.717, 1.165) is 12.1 Å². The van der Waals surface area contributed by atoms with E-state index in [9.17, 15) is 22.4 Å². The molecule has 0 saturated carbocycles. The van der Waals surface area contributed by atoms with E-state index in [0.29, 0.717) is 11.3 Å². The predicted octanol–water partition coefficient (Wildman–Crippen LogP) is 3.99. The zero-order valence-corrected chi connectivity index (χ0v) is 14.8. The van der Waals surface area contributed by atoms with Gasteiger partial charge in [-0.1, -0.05) is 11.2 Å². The third kappa shape index (κ3) is 4.19. The maximum Gasteiger partial charge on any atom is 0.573 e. The first-order valence-electron chi connectivity index (χ1n) is 8.35. The Bertz CT molecular complexity index is 1250. The Morgan fingerprint density at radius 1 is 1.03 bits per heavy atom. The Balaban J connectivity index is 1.64. The van der Waals surface area contributed by atoms with Crippen molar-refractivity contribution in [2.75, 3.05) is 0 Å². The van der Waals surface area contributed by atoms with Crippen molar-refractivity contribution >= 4 is 0 Å². The second-order valence-electron chi connectivity index (χ2n) is 5.95. The van der Waals surface area contributed by atoms with Crippen LogP contribution in [0.4, 0.5) is 17.6 Å². The molecule has 7 nitrogen and oxygen atoms in total. The Morgan fingerprint density at radius 2 is 1.80 bits per heavy atom. The van der Waals surface area contributed by atoms with Crippen LogP contribution in [-0.4, -0.2) is 26.3 Å². The molecule has 0 amide bonds. The molecule has 0 aliphatic heterocycles. The molecule has 2 aromatic heterocycles. The Morgan fingerprint density at radius 3 is 2.50 bits per heavy atom. The molecule has 0 radical (unpaired) electrons. The smallest absolute Gasteiger partial charge is 0.406 e. The van der Waals surface area contributed by atoms with E-state index >= 15 is 0 Å². The Kier molecular flexibility index (Phi) is 4.78. The van der Waals surface area contributed by atoms with Crippen molar-refractivity contribution in [2.24, 2.45) is 0 Å². The molecule has 4 aromatic rings. The van der Waals surface area contributed by atoms with Crippen LogP contribution in [0.15, 0.2) is 70.1 Å². The SMILES string of the molecule is O=c1ccn(-c2cccc(F)c2)nc1-c1nc(-c2ccc(OC(F)(F)F)cc2)no1. The summed E-state index contributed by atoms with van der Waals surface area (Å²) in [5.41, 5.74) is 0.0291. The molecule has 0 aliphatic carbocycles. The van der Waals surface area contributed by atoms with Crippen molar-refractivity contribution in [1.29, 1.82) is 0 Å². The van der Waals surface area contributed by atoms with Crippen LogP contribution in [0.25, 0.3) is 28.7 Å². The zero-order chi connectivity index (χ0) is 21.3. The van der Waals surface area contributed by atoms with Gasteiger partial charge in [0.15, 0.2) is 5.69 Å². The first-order chi connectivity index (χ1) is 14.3. The molecule has 2 heterocycles. The molecule has 0 spiro atoms. The normalized spacial score (nSPS) is 11.5. The molecule has 0 unspecified atom stereocenters. The van der Waals surface area contributed by atoms with E-state index in [2.05, 4.69) is 20.0 Å². The number of nitrogens with zero attached hydrogens (tertiary/aromatic N) is 4. The second-order valence-corrected chi connectivity index (χ2v) is 5.95. The van der Waals surface area contributed by atoms with Crippen LogP contribution < -0.4 is 10.2 Å². The van der Waals surface area contributed by atoms with Gasteiger partial charge in [0.05, 0.1) is 5.69 Å². The van der Waals surface area contributed by atoms with E-state index in [1.807, 2.05) is 0 Å². The minimum Gasteiger partial charge on any atom is -0.406 e. The van der Waals surface area contributed by atoms with Crippen molar-refractivity contribution in [1.82, 2.24) is 19.9 Å². The molecule has 0 aliphatic rings. The quantitative estimate of drug-likeness (QED) is 0.466. The maximum absolute atomic E-state index is 13.5. The van der Waals surface area contributed by atoms with Crippen molar-refractivity contribution < 1.29 is 26.8 Å². The van der Waals surface area contributed by atoms with E-state index in [1.54, 1.807) is 6.07 Å². The Hall–Kier alpha value is -4.02. The highest BCUT2D eigenvalue weighted by molar-refractivity contribution is 5.58. The van der Waals surface area contributed by atoms with Crippen molar-refractivity contribution in [2.45, 2.75) is 6.36 Å². The summed E-state index contributed by atoms with van der Waals surface area (Å²) in [6.07, 6.45) is -3.45. The average molecular weight is 418 g/mol. The fraction of sp³-hybridized carbons (Fsp3) is 0.0526. The van der Waals surface area contributed by atoms with Gasteiger partial charge in [0.1, 0.15) is 11.6 Å². The number of alkyl halides is 3. The number of aromatic nitrogens is 4. The fourth-order valence-electron chi connectivity index (χ4n) is 2.56.